The van der Waals surface area contributed by atoms with Gasteiger partial charge in [-0.05, 0) is 35.9 Å². The highest BCUT2D eigenvalue weighted by molar-refractivity contribution is 5.90. The first-order chi connectivity index (χ1) is 25.1. The van der Waals surface area contributed by atoms with E-state index in [9.17, 15) is 24.9 Å². The standard InChI is InChI=1S/C34H35N3O15/c1-36-34(35)37-50-31-29(42)26(13-45-28(41)11-27(39)40)49-33(43)32(31)52-51-21-9-19-22(7-16(21)5-15-3-2-4-17(38)6-15)44-12-20-18-8-24-25(47-14-46-24)10-23(18)48-30(19)20/h2-4,6-10,20,26,29-33,38,42-43H,5,11-14H2,1H3,(H,39,40)(H3,35,36,37)/t20-,26+,29+,30+,31+,32+,33+/m0/s1. The highest BCUT2D eigenvalue weighted by atomic mass is 17.2. The average molecular weight is 726 g/mol. The number of aliphatic hydroxyl groups is 2. The molecule has 7 N–H and O–H groups in total. The van der Waals surface area contributed by atoms with Crippen molar-refractivity contribution in [1.82, 2.24) is 5.48 Å². The smallest absolute Gasteiger partial charge is 0.317 e. The van der Waals surface area contributed by atoms with Crippen molar-refractivity contribution < 1.29 is 73.0 Å². The molecular weight excluding hydrogens is 690 g/mol. The van der Waals surface area contributed by atoms with Crippen LogP contribution in [0.4, 0.5) is 0 Å². The van der Waals surface area contributed by atoms with Crippen LogP contribution in [0.1, 0.15) is 40.7 Å². The number of rotatable bonds is 11. The molecule has 1 fully saturated rings. The van der Waals surface area contributed by atoms with Crippen LogP contribution in [0.2, 0.25) is 0 Å². The number of carboxylic acid groups (broad SMARTS) is 1. The Morgan fingerprint density at radius 2 is 1.81 bits per heavy atom. The van der Waals surface area contributed by atoms with Crippen LogP contribution in [0.15, 0.2) is 53.5 Å². The molecule has 0 bridgehead atoms. The number of fused-ring (bicyclic) bond motifs is 6. The molecule has 276 valence electrons. The number of phenols is 1. The van der Waals surface area contributed by atoms with Gasteiger partial charge in [-0.3, -0.25) is 19.4 Å². The van der Waals surface area contributed by atoms with Gasteiger partial charge in [0.15, 0.2) is 29.6 Å². The molecule has 3 aromatic carbocycles. The van der Waals surface area contributed by atoms with E-state index in [2.05, 4.69) is 10.5 Å². The first kappa shape index (κ1) is 34.9. The Morgan fingerprint density at radius 1 is 1.00 bits per heavy atom. The summed E-state index contributed by atoms with van der Waals surface area (Å²) in [6, 6.07) is 13.8. The van der Waals surface area contributed by atoms with E-state index in [1.807, 2.05) is 12.1 Å². The normalized spacial score (nSPS) is 25.5. The molecule has 18 nitrogen and oxygen atoms in total. The lowest BCUT2D eigenvalue weighted by atomic mass is 9.88. The number of aliphatic imine (C=N–C) groups is 1. The third kappa shape index (κ3) is 7.14. The van der Waals surface area contributed by atoms with Crippen LogP contribution < -0.4 is 35.0 Å². The van der Waals surface area contributed by atoms with Crippen LogP contribution in [-0.4, -0.2) is 96.1 Å². The molecule has 18 heteroatoms. The van der Waals surface area contributed by atoms with E-state index in [1.165, 1.54) is 7.05 Å². The average Bonchev–Trinajstić information content (AvgIpc) is 3.73. The van der Waals surface area contributed by atoms with Crippen LogP contribution in [0.5, 0.6) is 34.5 Å². The van der Waals surface area contributed by atoms with Gasteiger partial charge in [-0.25, -0.2) is 5.48 Å². The Bertz CT molecular complexity index is 1870. The number of hydroxylamine groups is 1. The lowest BCUT2D eigenvalue weighted by Gasteiger charge is -2.40. The lowest BCUT2D eigenvalue weighted by molar-refractivity contribution is -0.372. The second kappa shape index (κ2) is 14.6. The van der Waals surface area contributed by atoms with Crippen LogP contribution in [-0.2, 0) is 35.2 Å². The summed E-state index contributed by atoms with van der Waals surface area (Å²) in [5, 5.41) is 41.2. The number of nitrogens with two attached hydrogens (primary N) is 1. The number of nitrogens with zero attached hydrogens (tertiary/aromatic N) is 1. The second-order valence-corrected chi connectivity index (χ2v) is 12.3. The van der Waals surface area contributed by atoms with Crippen molar-refractivity contribution in [3.05, 3.63) is 70.8 Å². The Hall–Kier alpha value is -5.53. The van der Waals surface area contributed by atoms with Gasteiger partial charge in [0, 0.05) is 36.2 Å². The zero-order valence-electron chi connectivity index (χ0n) is 27.5. The fraction of sp³-hybridized carbons (Fsp3) is 0.382. The molecule has 52 heavy (non-hydrogen) atoms. The van der Waals surface area contributed by atoms with Crippen molar-refractivity contribution >= 4 is 17.9 Å². The number of aliphatic hydroxyl groups excluding tert-OH is 2. The van der Waals surface area contributed by atoms with E-state index in [0.717, 1.165) is 11.1 Å². The maximum atomic E-state index is 11.8. The summed E-state index contributed by atoms with van der Waals surface area (Å²) in [6.45, 7) is -0.187. The number of hydrogen-bond acceptors (Lipinski definition) is 15. The molecule has 4 aliphatic heterocycles. The minimum absolute atomic E-state index is 0.0623. The van der Waals surface area contributed by atoms with E-state index in [1.54, 1.807) is 36.4 Å². The van der Waals surface area contributed by atoms with Gasteiger partial charge in [0.2, 0.25) is 12.8 Å². The Kier molecular flexibility index (Phi) is 9.80. The SMILES string of the molecule is CN=C(N)NO[C@@H]1[C@H](O)[C@@H](COC(=O)CC(=O)O)O[C@@H](O)[C@@H]1OOc1cc2c(cc1Cc1cccc(O)c1)OC[C@H]1c3cc4c(cc3O[C@H]21)OCO4. The molecule has 0 radical (unpaired) electrons. The van der Waals surface area contributed by atoms with Crippen molar-refractivity contribution in [2.45, 2.75) is 55.6 Å². The van der Waals surface area contributed by atoms with E-state index < -0.39 is 61.8 Å². The molecule has 3 aromatic rings. The summed E-state index contributed by atoms with van der Waals surface area (Å²) in [5.41, 5.74) is 10.9. The Morgan fingerprint density at radius 3 is 2.58 bits per heavy atom. The molecule has 0 saturated carbocycles. The highest BCUT2D eigenvalue weighted by Crippen LogP contribution is 2.55. The largest absolute Gasteiger partial charge is 0.508 e. The fourth-order valence-corrected chi connectivity index (χ4v) is 6.33. The predicted octanol–water partition coefficient (Wildman–Crippen LogP) is 0.931. The number of benzene rings is 3. The Balaban J connectivity index is 1.16. The van der Waals surface area contributed by atoms with Crippen molar-refractivity contribution in [2.75, 3.05) is 27.1 Å². The number of esters is 1. The molecule has 7 atom stereocenters. The van der Waals surface area contributed by atoms with Gasteiger partial charge in [0.25, 0.3) is 0 Å². The summed E-state index contributed by atoms with van der Waals surface area (Å²) >= 11 is 0. The monoisotopic (exact) mass is 725 g/mol. The number of carboxylic acids is 1. The van der Waals surface area contributed by atoms with Gasteiger partial charge in [0.1, 0.15) is 54.7 Å². The number of aliphatic carboxylic acids is 1. The number of carbonyl (C=O) groups excluding carboxylic acids is 1. The van der Waals surface area contributed by atoms with Crippen LogP contribution >= 0.6 is 0 Å². The van der Waals surface area contributed by atoms with Crippen LogP contribution in [0.25, 0.3) is 0 Å². The van der Waals surface area contributed by atoms with Gasteiger partial charge < -0.3 is 59.5 Å². The van der Waals surface area contributed by atoms with Crippen molar-refractivity contribution in [3.63, 3.8) is 0 Å². The van der Waals surface area contributed by atoms with E-state index in [-0.39, 0.29) is 36.6 Å². The van der Waals surface area contributed by atoms with E-state index in [4.69, 9.17) is 53.9 Å². The molecule has 4 heterocycles. The van der Waals surface area contributed by atoms with Crippen molar-refractivity contribution in [3.8, 4) is 34.5 Å². The third-order valence-electron chi connectivity index (χ3n) is 8.88. The molecule has 7 rings (SSSR count). The minimum atomic E-state index is -1.84. The van der Waals surface area contributed by atoms with Crippen LogP contribution in [0.3, 0.4) is 0 Å². The fourth-order valence-electron chi connectivity index (χ4n) is 6.33. The minimum Gasteiger partial charge on any atom is -0.508 e. The Labute approximate surface area is 295 Å². The van der Waals surface area contributed by atoms with Gasteiger partial charge >= 0.3 is 11.9 Å². The first-order valence-corrected chi connectivity index (χ1v) is 16.1. The number of guanidine groups is 1. The molecule has 4 aliphatic rings. The van der Waals surface area contributed by atoms with Gasteiger partial charge in [-0.2, -0.15) is 4.89 Å². The molecule has 1 saturated heterocycles. The van der Waals surface area contributed by atoms with Crippen LogP contribution in [0, 0.1) is 0 Å². The molecule has 0 spiro atoms. The molecule has 0 aliphatic carbocycles. The number of aromatic hydroxyl groups is 1. The number of hydrogen-bond donors (Lipinski definition) is 6. The molecule has 0 aromatic heterocycles. The number of nitrogens with one attached hydrogen (secondary N) is 1. The zero-order valence-corrected chi connectivity index (χ0v) is 27.5. The predicted molar refractivity (Wildman–Crippen MR) is 173 cm³/mol. The summed E-state index contributed by atoms with van der Waals surface area (Å²) in [5.74, 6) is -0.291. The second-order valence-electron chi connectivity index (χ2n) is 12.3. The quantitative estimate of drug-likeness (QED) is 0.0402. The van der Waals surface area contributed by atoms with E-state index >= 15 is 0 Å². The topological polar surface area (TPSA) is 249 Å². The first-order valence-electron chi connectivity index (χ1n) is 16.1. The number of phenolic OH excluding ortho intramolecular Hbond substituents is 1. The number of carbonyl (C=O) groups is 2. The van der Waals surface area contributed by atoms with Crippen molar-refractivity contribution in [2.24, 2.45) is 10.7 Å². The number of ether oxygens (including phenoxy) is 6. The van der Waals surface area contributed by atoms with Gasteiger partial charge in [-0.1, -0.05) is 12.1 Å². The molecule has 0 amide bonds. The maximum Gasteiger partial charge on any atom is 0.317 e. The molecule has 0 unspecified atom stereocenters. The summed E-state index contributed by atoms with van der Waals surface area (Å²) < 4.78 is 34.2. The lowest BCUT2D eigenvalue weighted by Crippen LogP contribution is -2.62. The van der Waals surface area contributed by atoms with Gasteiger partial charge in [-0.15, -0.1) is 0 Å². The third-order valence-corrected chi connectivity index (χ3v) is 8.88. The van der Waals surface area contributed by atoms with Gasteiger partial charge in [0.05, 0.1) is 12.5 Å². The maximum absolute atomic E-state index is 11.8. The van der Waals surface area contributed by atoms with Crippen molar-refractivity contribution in [1.29, 1.82) is 0 Å². The summed E-state index contributed by atoms with van der Waals surface area (Å²) in [4.78, 5) is 43.6. The zero-order chi connectivity index (χ0) is 36.5. The van der Waals surface area contributed by atoms with E-state index in [0.29, 0.717) is 40.7 Å². The highest BCUT2D eigenvalue weighted by Gasteiger charge is 2.49. The molecular formula is C34H35N3O15. The summed E-state index contributed by atoms with van der Waals surface area (Å²) in [6.07, 6.45) is -9.04. The summed E-state index contributed by atoms with van der Waals surface area (Å²) in [7, 11) is 1.38.